The summed E-state index contributed by atoms with van der Waals surface area (Å²) < 4.78 is 1.82. The van der Waals surface area contributed by atoms with Crippen LogP contribution in [-0.2, 0) is 4.79 Å². The number of nitrogens with zero attached hydrogens (tertiary/aromatic N) is 3. The van der Waals surface area contributed by atoms with Crippen LogP contribution in [0.4, 0.5) is 0 Å². The van der Waals surface area contributed by atoms with Crippen LogP contribution in [0.3, 0.4) is 0 Å². The Balaban J connectivity index is 1.37. The highest BCUT2D eigenvalue weighted by Gasteiger charge is 2.35. The highest BCUT2D eigenvalue weighted by molar-refractivity contribution is 5.89. The predicted octanol–water partition coefficient (Wildman–Crippen LogP) is 4.59. The summed E-state index contributed by atoms with van der Waals surface area (Å²) >= 11 is 0. The number of likely N-dealkylation sites (tertiary alicyclic amines) is 1. The van der Waals surface area contributed by atoms with Gasteiger partial charge in [0.15, 0.2) is 0 Å². The van der Waals surface area contributed by atoms with Gasteiger partial charge in [-0.05, 0) is 68.1 Å². The van der Waals surface area contributed by atoms with Crippen molar-refractivity contribution in [2.45, 2.75) is 63.7 Å². The van der Waals surface area contributed by atoms with Crippen molar-refractivity contribution in [1.82, 2.24) is 14.7 Å². The summed E-state index contributed by atoms with van der Waals surface area (Å²) in [4.78, 5) is 26.8. The van der Waals surface area contributed by atoms with Gasteiger partial charge in [-0.25, -0.2) is 9.48 Å². The number of carboxylic acid groups (broad SMARTS) is 1. The lowest BCUT2D eigenvalue weighted by atomic mass is 9.77. The van der Waals surface area contributed by atoms with Gasteiger partial charge >= 0.3 is 5.97 Å². The maximum absolute atomic E-state index is 13.1. The lowest BCUT2D eigenvalue weighted by molar-refractivity contribution is -0.135. The van der Waals surface area contributed by atoms with Gasteiger partial charge in [0.1, 0.15) is 5.56 Å². The molecule has 2 aromatic rings. The van der Waals surface area contributed by atoms with E-state index >= 15 is 0 Å². The van der Waals surface area contributed by atoms with Crippen molar-refractivity contribution in [2.75, 3.05) is 13.1 Å². The molecule has 1 aromatic heterocycles. The van der Waals surface area contributed by atoms with Crippen LogP contribution in [0.15, 0.2) is 30.5 Å². The van der Waals surface area contributed by atoms with Crippen molar-refractivity contribution < 1.29 is 14.7 Å². The van der Waals surface area contributed by atoms with E-state index in [1.54, 1.807) is 0 Å². The van der Waals surface area contributed by atoms with Crippen molar-refractivity contribution in [3.8, 4) is 5.69 Å². The molecule has 1 aromatic carbocycles. The first-order chi connectivity index (χ1) is 15.0. The molecule has 164 valence electrons. The fourth-order valence-electron chi connectivity index (χ4n) is 5.50. The molecular formula is C25H31N3O3. The predicted molar refractivity (Wildman–Crippen MR) is 118 cm³/mol. The smallest absolute Gasteiger partial charge is 0.339 e. The number of aromatic nitrogens is 2. The van der Waals surface area contributed by atoms with Crippen molar-refractivity contribution in [3.63, 3.8) is 0 Å². The maximum atomic E-state index is 13.1. The molecule has 6 nitrogen and oxygen atoms in total. The molecule has 3 unspecified atom stereocenters. The Bertz CT molecular complexity index is 994. The summed E-state index contributed by atoms with van der Waals surface area (Å²) in [6, 6.07) is 8.35. The molecule has 2 aliphatic carbocycles. The molecule has 3 fully saturated rings. The number of hydrogen-bond acceptors (Lipinski definition) is 3. The van der Waals surface area contributed by atoms with Crippen LogP contribution in [0.5, 0.6) is 0 Å². The molecule has 6 heteroatoms. The highest BCUT2D eigenvalue weighted by Crippen LogP contribution is 2.43. The number of carboxylic acids is 1. The topological polar surface area (TPSA) is 75.4 Å². The summed E-state index contributed by atoms with van der Waals surface area (Å²) in [5.41, 5.74) is 3.30. The maximum Gasteiger partial charge on any atom is 0.339 e. The van der Waals surface area contributed by atoms with Gasteiger partial charge in [-0.3, -0.25) is 4.79 Å². The van der Waals surface area contributed by atoms with Gasteiger partial charge in [0.25, 0.3) is 0 Å². The van der Waals surface area contributed by atoms with Gasteiger partial charge < -0.3 is 10.0 Å². The van der Waals surface area contributed by atoms with Crippen LogP contribution in [-0.4, -0.2) is 44.8 Å². The Hall–Kier alpha value is -2.63. The quantitative estimate of drug-likeness (QED) is 0.766. The molecule has 0 spiro atoms. The van der Waals surface area contributed by atoms with E-state index in [9.17, 15) is 14.7 Å². The fraction of sp³-hybridized carbons (Fsp3) is 0.560. The van der Waals surface area contributed by atoms with Gasteiger partial charge in [-0.2, -0.15) is 5.10 Å². The van der Waals surface area contributed by atoms with E-state index in [2.05, 4.69) is 29.1 Å². The van der Waals surface area contributed by atoms with Gasteiger partial charge in [0, 0.05) is 24.9 Å². The van der Waals surface area contributed by atoms with E-state index in [1.165, 1.54) is 11.8 Å². The van der Waals surface area contributed by atoms with Crippen LogP contribution in [0, 0.1) is 11.8 Å². The molecule has 31 heavy (non-hydrogen) atoms. The summed E-state index contributed by atoms with van der Waals surface area (Å²) in [5.74, 6) is 0.829. The normalized spacial score (nSPS) is 26.2. The zero-order valence-electron chi connectivity index (χ0n) is 18.2. The average molecular weight is 422 g/mol. The van der Waals surface area contributed by atoms with Crippen molar-refractivity contribution in [1.29, 1.82) is 0 Å². The molecule has 2 saturated carbocycles. The monoisotopic (exact) mass is 421 g/mol. The minimum atomic E-state index is -0.908. The third-order valence-corrected chi connectivity index (χ3v) is 7.35. The first-order valence-electron chi connectivity index (χ1n) is 11.7. The number of amides is 1. The largest absolute Gasteiger partial charge is 0.478 e. The lowest BCUT2D eigenvalue weighted by Gasteiger charge is -2.31. The zero-order valence-corrected chi connectivity index (χ0v) is 18.2. The second-order valence-electron chi connectivity index (χ2n) is 9.77. The summed E-state index contributed by atoms with van der Waals surface area (Å²) in [5, 5.41) is 14.0. The van der Waals surface area contributed by atoms with Gasteiger partial charge in [-0.1, -0.05) is 25.5 Å². The second kappa shape index (κ2) is 8.13. The third kappa shape index (κ3) is 4.00. The fourth-order valence-corrected chi connectivity index (χ4v) is 5.50. The van der Waals surface area contributed by atoms with E-state index < -0.39 is 5.97 Å². The van der Waals surface area contributed by atoms with E-state index in [-0.39, 0.29) is 11.8 Å². The van der Waals surface area contributed by atoms with Crippen molar-refractivity contribution in [2.24, 2.45) is 11.8 Å². The van der Waals surface area contributed by atoms with Crippen LogP contribution < -0.4 is 0 Å². The van der Waals surface area contributed by atoms with Gasteiger partial charge in [-0.15, -0.1) is 0 Å². The summed E-state index contributed by atoms with van der Waals surface area (Å²) in [7, 11) is 0. The molecule has 3 aliphatic rings. The minimum absolute atomic E-state index is 0.123. The molecule has 0 radical (unpaired) electrons. The first kappa shape index (κ1) is 20.3. The van der Waals surface area contributed by atoms with E-state index in [4.69, 9.17) is 0 Å². The van der Waals surface area contributed by atoms with Gasteiger partial charge in [0.2, 0.25) is 5.91 Å². The minimum Gasteiger partial charge on any atom is -0.478 e. The van der Waals surface area contributed by atoms with Crippen LogP contribution in [0.2, 0.25) is 0 Å². The standard InChI is InChI=1S/C25H31N3O3/c1-16-10-11-27(15-16)24(29)20-6-2-4-18(12-20)19-5-3-7-21(13-19)28-23(17-8-9-17)22(14-26-28)25(30)31/h3,5,7,13-14,16-18,20H,2,4,6,8-12,15H2,1H3,(H,30,31). The average Bonchev–Trinajstić information content (AvgIpc) is 3.37. The van der Waals surface area contributed by atoms with E-state index in [1.807, 2.05) is 16.8 Å². The van der Waals surface area contributed by atoms with E-state index in [0.717, 1.165) is 69.4 Å². The van der Waals surface area contributed by atoms with Crippen molar-refractivity contribution in [3.05, 3.63) is 47.3 Å². The van der Waals surface area contributed by atoms with Gasteiger partial charge in [0.05, 0.1) is 17.6 Å². The van der Waals surface area contributed by atoms with E-state index in [0.29, 0.717) is 23.3 Å². The number of carbonyl (C=O) groups excluding carboxylic acids is 1. The summed E-state index contributed by atoms with van der Waals surface area (Å²) in [6.07, 6.45) is 8.71. The molecule has 2 heterocycles. The van der Waals surface area contributed by atoms with Crippen LogP contribution >= 0.6 is 0 Å². The Morgan fingerprint density at radius 1 is 1.10 bits per heavy atom. The SMILES string of the molecule is CC1CCN(C(=O)C2CCCC(c3cccc(-n4ncc(C(=O)O)c4C4CC4)c3)C2)C1. The highest BCUT2D eigenvalue weighted by atomic mass is 16.4. The Morgan fingerprint density at radius 3 is 2.65 bits per heavy atom. The zero-order chi connectivity index (χ0) is 21.5. The molecule has 3 atom stereocenters. The summed E-state index contributed by atoms with van der Waals surface area (Å²) in [6.45, 7) is 4.04. The molecule has 1 amide bonds. The van der Waals surface area contributed by atoms with Crippen LogP contribution in [0.25, 0.3) is 5.69 Å². The third-order valence-electron chi connectivity index (χ3n) is 7.35. The number of rotatable bonds is 5. The number of aromatic carboxylic acids is 1. The van der Waals surface area contributed by atoms with Crippen molar-refractivity contribution >= 4 is 11.9 Å². The molecule has 0 bridgehead atoms. The number of hydrogen-bond donors (Lipinski definition) is 1. The first-order valence-corrected chi connectivity index (χ1v) is 11.7. The molecule has 1 aliphatic heterocycles. The molecule has 5 rings (SSSR count). The lowest BCUT2D eigenvalue weighted by Crippen LogP contribution is -2.36. The Morgan fingerprint density at radius 2 is 1.94 bits per heavy atom. The molecule has 1 N–H and O–H groups in total. The Kier molecular flexibility index (Phi) is 5.32. The second-order valence-corrected chi connectivity index (χ2v) is 9.77. The molecular weight excluding hydrogens is 390 g/mol. The Labute approximate surface area is 183 Å². The number of benzene rings is 1. The van der Waals surface area contributed by atoms with Crippen LogP contribution in [0.1, 0.15) is 85.3 Å². The number of carbonyl (C=O) groups is 2. The molecule has 1 saturated heterocycles.